The summed E-state index contributed by atoms with van der Waals surface area (Å²) in [6.45, 7) is 5.87. The first-order chi connectivity index (χ1) is 5.33. The van der Waals surface area contributed by atoms with Crippen LogP contribution in [0.4, 0.5) is 0 Å². The number of hydrogen-bond acceptors (Lipinski definition) is 2. The van der Waals surface area contributed by atoms with Crippen molar-refractivity contribution in [3.63, 3.8) is 0 Å². The van der Waals surface area contributed by atoms with Crippen molar-refractivity contribution in [2.45, 2.75) is 52.0 Å². The van der Waals surface area contributed by atoms with Crippen LogP contribution in [0, 0.1) is 5.41 Å². The molecular formula is C10H19NO. The molecular weight excluding hydrogens is 150 g/mol. The lowest BCUT2D eigenvalue weighted by Gasteiger charge is -2.39. The molecule has 12 heavy (non-hydrogen) atoms. The fourth-order valence-corrected chi connectivity index (χ4v) is 1.39. The average molecular weight is 169 g/mol. The summed E-state index contributed by atoms with van der Waals surface area (Å²) >= 11 is 0. The van der Waals surface area contributed by atoms with Crippen molar-refractivity contribution in [3.05, 3.63) is 0 Å². The van der Waals surface area contributed by atoms with Crippen molar-refractivity contribution in [1.82, 2.24) is 0 Å². The highest BCUT2D eigenvalue weighted by Gasteiger charge is 2.37. The first-order valence-corrected chi connectivity index (χ1v) is 4.66. The van der Waals surface area contributed by atoms with Crippen molar-refractivity contribution in [2.75, 3.05) is 0 Å². The molecule has 0 atom stereocenters. The van der Waals surface area contributed by atoms with Crippen LogP contribution in [0.3, 0.4) is 0 Å². The Balaban J connectivity index is 2.46. The molecule has 70 valence electrons. The molecule has 0 unspecified atom stereocenters. The lowest BCUT2D eigenvalue weighted by molar-refractivity contribution is -0.128. The molecule has 1 fully saturated rings. The molecule has 1 aliphatic carbocycles. The Labute approximate surface area is 74.5 Å². The van der Waals surface area contributed by atoms with Crippen molar-refractivity contribution >= 4 is 5.78 Å². The van der Waals surface area contributed by atoms with Gasteiger partial charge in [-0.05, 0) is 19.3 Å². The Morgan fingerprint density at radius 3 is 2.17 bits per heavy atom. The fraction of sp³-hybridized carbons (Fsp3) is 0.900. The van der Waals surface area contributed by atoms with E-state index >= 15 is 0 Å². The van der Waals surface area contributed by atoms with Gasteiger partial charge in [0.05, 0.1) is 0 Å². The molecule has 1 aliphatic rings. The number of Topliss-reactive ketones (excluding diaryl/α,β-unsaturated/α-hetero) is 1. The van der Waals surface area contributed by atoms with E-state index in [1.54, 1.807) is 0 Å². The first kappa shape index (κ1) is 9.72. The van der Waals surface area contributed by atoms with Gasteiger partial charge in [0, 0.05) is 17.4 Å². The minimum atomic E-state index is -0.220. The highest BCUT2D eigenvalue weighted by molar-refractivity contribution is 5.84. The molecule has 0 aromatic rings. The van der Waals surface area contributed by atoms with E-state index in [0.29, 0.717) is 12.2 Å². The van der Waals surface area contributed by atoms with E-state index in [2.05, 4.69) is 0 Å². The minimum absolute atomic E-state index is 0.148. The van der Waals surface area contributed by atoms with E-state index in [0.717, 1.165) is 12.8 Å². The van der Waals surface area contributed by atoms with Gasteiger partial charge in [-0.25, -0.2) is 0 Å². The van der Waals surface area contributed by atoms with Crippen molar-refractivity contribution in [2.24, 2.45) is 11.1 Å². The van der Waals surface area contributed by atoms with E-state index < -0.39 is 0 Å². The largest absolute Gasteiger partial charge is 0.325 e. The molecule has 0 heterocycles. The molecule has 0 saturated heterocycles. The maximum Gasteiger partial charge on any atom is 0.140 e. The second-order valence-electron chi connectivity index (χ2n) is 5.07. The molecule has 0 spiro atoms. The third-order valence-corrected chi connectivity index (χ3v) is 2.70. The van der Waals surface area contributed by atoms with E-state index in [1.807, 2.05) is 20.8 Å². The Bertz CT molecular complexity index is 187. The van der Waals surface area contributed by atoms with Crippen molar-refractivity contribution in [3.8, 4) is 0 Å². The summed E-state index contributed by atoms with van der Waals surface area (Å²) in [5.74, 6) is 0.296. The van der Waals surface area contributed by atoms with Gasteiger partial charge in [0.1, 0.15) is 5.78 Å². The van der Waals surface area contributed by atoms with Crippen LogP contribution in [0.1, 0.15) is 46.5 Å². The van der Waals surface area contributed by atoms with Gasteiger partial charge in [-0.1, -0.05) is 20.8 Å². The zero-order chi connectivity index (χ0) is 9.41. The van der Waals surface area contributed by atoms with Gasteiger partial charge < -0.3 is 5.73 Å². The monoisotopic (exact) mass is 169 g/mol. The zero-order valence-electron chi connectivity index (χ0n) is 8.31. The highest BCUT2D eigenvalue weighted by Crippen LogP contribution is 2.34. The van der Waals surface area contributed by atoms with Gasteiger partial charge in [0.25, 0.3) is 0 Å². The number of hydrogen-bond donors (Lipinski definition) is 1. The van der Waals surface area contributed by atoms with E-state index in [4.69, 9.17) is 5.73 Å². The van der Waals surface area contributed by atoms with Crippen LogP contribution in [-0.2, 0) is 4.79 Å². The molecule has 0 amide bonds. The highest BCUT2D eigenvalue weighted by atomic mass is 16.1. The molecule has 0 bridgehead atoms. The molecule has 0 radical (unpaired) electrons. The summed E-state index contributed by atoms with van der Waals surface area (Å²) in [6.07, 6.45) is 3.80. The summed E-state index contributed by atoms with van der Waals surface area (Å²) < 4.78 is 0. The van der Waals surface area contributed by atoms with Gasteiger partial charge in [-0.15, -0.1) is 0 Å². The maximum atomic E-state index is 11.6. The summed E-state index contributed by atoms with van der Waals surface area (Å²) in [5, 5.41) is 0. The molecule has 2 N–H and O–H groups in total. The Morgan fingerprint density at radius 1 is 1.42 bits per heavy atom. The summed E-state index contributed by atoms with van der Waals surface area (Å²) in [5.41, 5.74) is 5.61. The van der Waals surface area contributed by atoms with Gasteiger partial charge in [0.15, 0.2) is 0 Å². The second-order valence-corrected chi connectivity index (χ2v) is 5.07. The summed E-state index contributed by atoms with van der Waals surface area (Å²) in [7, 11) is 0. The molecule has 2 heteroatoms. The SMILES string of the molecule is CC(C)(C)C(=O)CC1(N)CCC1. The first-order valence-electron chi connectivity index (χ1n) is 4.66. The van der Waals surface area contributed by atoms with Crippen LogP contribution in [-0.4, -0.2) is 11.3 Å². The second kappa shape index (κ2) is 2.84. The third-order valence-electron chi connectivity index (χ3n) is 2.70. The van der Waals surface area contributed by atoms with Crippen LogP contribution in [0.5, 0.6) is 0 Å². The van der Waals surface area contributed by atoms with E-state index in [-0.39, 0.29) is 11.0 Å². The number of carbonyl (C=O) groups excluding carboxylic acids is 1. The molecule has 0 aromatic carbocycles. The molecule has 0 aromatic heterocycles. The van der Waals surface area contributed by atoms with Crippen LogP contribution < -0.4 is 5.73 Å². The van der Waals surface area contributed by atoms with Gasteiger partial charge >= 0.3 is 0 Å². The van der Waals surface area contributed by atoms with Crippen LogP contribution in [0.25, 0.3) is 0 Å². The Kier molecular flexibility index (Phi) is 2.30. The minimum Gasteiger partial charge on any atom is -0.325 e. The van der Waals surface area contributed by atoms with Crippen LogP contribution >= 0.6 is 0 Å². The average Bonchev–Trinajstić information content (AvgIpc) is 1.82. The quantitative estimate of drug-likeness (QED) is 0.685. The molecule has 1 rings (SSSR count). The molecule has 0 aliphatic heterocycles. The summed E-state index contributed by atoms with van der Waals surface area (Å²) in [6, 6.07) is 0. The van der Waals surface area contributed by atoms with Crippen LogP contribution in [0.15, 0.2) is 0 Å². The lowest BCUT2D eigenvalue weighted by atomic mass is 9.71. The van der Waals surface area contributed by atoms with E-state index in [1.165, 1.54) is 6.42 Å². The number of carbonyl (C=O) groups is 1. The number of rotatable bonds is 2. The smallest absolute Gasteiger partial charge is 0.140 e. The fourth-order valence-electron chi connectivity index (χ4n) is 1.39. The Morgan fingerprint density at radius 2 is 1.92 bits per heavy atom. The van der Waals surface area contributed by atoms with Crippen molar-refractivity contribution < 1.29 is 4.79 Å². The van der Waals surface area contributed by atoms with Crippen LogP contribution in [0.2, 0.25) is 0 Å². The zero-order valence-corrected chi connectivity index (χ0v) is 8.31. The van der Waals surface area contributed by atoms with Gasteiger partial charge in [-0.3, -0.25) is 4.79 Å². The molecule has 2 nitrogen and oxygen atoms in total. The Hall–Kier alpha value is -0.370. The third kappa shape index (κ3) is 2.07. The molecule has 1 saturated carbocycles. The lowest BCUT2D eigenvalue weighted by Crippen LogP contribution is -2.49. The number of ketones is 1. The van der Waals surface area contributed by atoms with Crippen molar-refractivity contribution in [1.29, 1.82) is 0 Å². The normalized spacial score (nSPS) is 21.7. The topological polar surface area (TPSA) is 43.1 Å². The number of nitrogens with two attached hydrogens (primary N) is 1. The van der Waals surface area contributed by atoms with E-state index in [9.17, 15) is 4.79 Å². The van der Waals surface area contributed by atoms with Gasteiger partial charge in [-0.2, -0.15) is 0 Å². The standard InChI is InChI=1S/C10H19NO/c1-9(2,3)8(12)7-10(11)5-4-6-10/h4-7,11H2,1-3H3. The predicted molar refractivity (Wildman–Crippen MR) is 49.8 cm³/mol. The maximum absolute atomic E-state index is 11.6. The summed E-state index contributed by atoms with van der Waals surface area (Å²) in [4.78, 5) is 11.6. The predicted octanol–water partition coefficient (Wildman–Crippen LogP) is 1.87. The van der Waals surface area contributed by atoms with Gasteiger partial charge in [0.2, 0.25) is 0 Å².